The van der Waals surface area contributed by atoms with Crippen molar-refractivity contribution >= 4 is 27.5 Å². The van der Waals surface area contributed by atoms with Crippen molar-refractivity contribution in [2.24, 2.45) is 11.1 Å². The van der Waals surface area contributed by atoms with Gasteiger partial charge < -0.3 is 11.1 Å². The Balaban J connectivity index is 2.06. The number of nitrogens with two attached hydrogens (primary N) is 1. The molecule has 106 valence electrons. The summed E-state index contributed by atoms with van der Waals surface area (Å²) in [5, 5.41) is 4.43. The Labute approximate surface area is 129 Å². The molecule has 2 unspecified atom stereocenters. The first-order chi connectivity index (χ1) is 8.91. The Morgan fingerprint density at radius 1 is 1.53 bits per heavy atom. The molecule has 0 radical (unpaired) electrons. The highest BCUT2D eigenvalue weighted by Crippen LogP contribution is 2.38. The predicted molar refractivity (Wildman–Crippen MR) is 85.5 cm³/mol. The van der Waals surface area contributed by atoms with Gasteiger partial charge in [0.25, 0.3) is 0 Å². The Bertz CT molecular complexity index is 448. The van der Waals surface area contributed by atoms with E-state index in [2.05, 4.69) is 47.2 Å². The summed E-state index contributed by atoms with van der Waals surface area (Å²) in [4.78, 5) is 0. The van der Waals surface area contributed by atoms with Crippen LogP contribution in [0.5, 0.6) is 0 Å². The smallest absolute Gasteiger partial charge is 0.0548 e. The molecule has 1 fully saturated rings. The van der Waals surface area contributed by atoms with E-state index in [0.717, 1.165) is 9.50 Å². The first-order valence-corrected chi connectivity index (χ1v) is 7.99. The number of hydrogen-bond acceptors (Lipinski definition) is 2. The lowest BCUT2D eigenvalue weighted by atomic mass is 9.91. The summed E-state index contributed by atoms with van der Waals surface area (Å²) in [6.07, 6.45) is 3.74. The number of benzene rings is 1. The molecule has 2 nitrogen and oxygen atoms in total. The van der Waals surface area contributed by atoms with Crippen LogP contribution in [-0.2, 0) is 0 Å². The molecule has 0 saturated heterocycles. The Hall–Kier alpha value is -0.0900. The molecular weight excluding hydrogens is 324 g/mol. The van der Waals surface area contributed by atoms with Gasteiger partial charge in [-0.25, -0.2) is 0 Å². The molecular formula is C15H22BrClN2. The molecule has 1 aromatic rings. The van der Waals surface area contributed by atoms with E-state index in [9.17, 15) is 0 Å². The zero-order chi connectivity index (χ0) is 14.0. The topological polar surface area (TPSA) is 38.0 Å². The molecule has 19 heavy (non-hydrogen) atoms. The van der Waals surface area contributed by atoms with Crippen molar-refractivity contribution < 1.29 is 0 Å². The fourth-order valence-electron chi connectivity index (χ4n) is 2.89. The largest absolute Gasteiger partial charge is 0.329 e. The molecule has 0 bridgehead atoms. The minimum Gasteiger partial charge on any atom is -0.329 e. The third-order valence-corrected chi connectivity index (χ3v) is 5.20. The van der Waals surface area contributed by atoms with Crippen LogP contribution in [0.25, 0.3) is 0 Å². The van der Waals surface area contributed by atoms with Crippen LogP contribution < -0.4 is 11.1 Å². The lowest BCUT2D eigenvalue weighted by molar-refractivity contribution is 0.353. The van der Waals surface area contributed by atoms with Crippen LogP contribution in [0.4, 0.5) is 0 Å². The SMILES string of the molecule is CC1(C)CCC(NC(CN)c2ccc(Cl)c(Br)c2)C1. The molecule has 0 amide bonds. The number of halogens is 2. The van der Waals surface area contributed by atoms with Gasteiger partial charge in [0.05, 0.1) is 5.02 Å². The second-order valence-corrected chi connectivity index (χ2v) is 7.49. The zero-order valence-corrected chi connectivity index (χ0v) is 13.9. The van der Waals surface area contributed by atoms with Gasteiger partial charge in [-0.3, -0.25) is 0 Å². The van der Waals surface area contributed by atoms with Gasteiger partial charge in [-0.05, 0) is 58.3 Å². The van der Waals surface area contributed by atoms with E-state index in [1.807, 2.05) is 6.07 Å². The lowest BCUT2D eigenvalue weighted by Gasteiger charge is -2.24. The third-order valence-electron chi connectivity index (χ3n) is 3.99. The normalized spacial score (nSPS) is 23.5. The van der Waals surface area contributed by atoms with E-state index in [1.165, 1.54) is 24.8 Å². The maximum Gasteiger partial charge on any atom is 0.0548 e. The van der Waals surface area contributed by atoms with Crippen molar-refractivity contribution in [2.45, 2.75) is 45.2 Å². The number of hydrogen-bond donors (Lipinski definition) is 2. The van der Waals surface area contributed by atoms with E-state index in [-0.39, 0.29) is 6.04 Å². The molecule has 3 N–H and O–H groups in total. The lowest BCUT2D eigenvalue weighted by Crippen LogP contribution is -2.35. The summed E-state index contributed by atoms with van der Waals surface area (Å²) < 4.78 is 0.929. The van der Waals surface area contributed by atoms with Gasteiger partial charge in [0.15, 0.2) is 0 Å². The van der Waals surface area contributed by atoms with Crippen LogP contribution >= 0.6 is 27.5 Å². The quantitative estimate of drug-likeness (QED) is 0.855. The monoisotopic (exact) mass is 344 g/mol. The van der Waals surface area contributed by atoms with Crippen molar-refractivity contribution in [1.29, 1.82) is 0 Å². The Kier molecular flexibility index (Phi) is 4.93. The van der Waals surface area contributed by atoms with Crippen LogP contribution in [0.2, 0.25) is 5.02 Å². The molecule has 1 aliphatic rings. The van der Waals surface area contributed by atoms with Crippen molar-refractivity contribution in [2.75, 3.05) is 6.54 Å². The number of rotatable bonds is 4. The van der Waals surface area contributed by atoms with Crippen molar-refractivity contribution in [3.8, 4) is 0 Å². The first-order valence-electron chi connectivity index (χ1n) is 6.82. The fourth-order valence-corrected chi connectivity index (χ4v) is 3.41. The van der Waals surface area contributed by atoms with E-state index in [1.54, 1.807) is 0 Å². The van der Waals surface area contributed by atoms with Crippen LogP contribution in [0.15, 0.2) is 22.7 Å². The predicted octanol–water partition coefficient (Wildman–Crippen LogP) is 4.27. The van der Waals surface area contributed by atoms with Crippen molar-refractivity contribution in [1.82, 2.24) is 5.32 Å². The van der Waals surface area contributed by atoms with Gasteiger partial charge in [0.1, 0.15) is 0 Å². The van der Waals surface area contributed by atoms with Gasteiger partial charge in [0, 0.05) is 23.1 Å². The molecule has 0 heterocycles. The van der Waals surface area contributed by atoms with Crippen molar-refractivity contribution in [3.63, 3.8) is 0 Å². The summed E-state index contributed by atoms with van der Waals surface area (Å²) in [6, 6.07) is 6.81. The highest BCUT2D eigenvalue weighted by molar-refractivity contribution is 9.10. The molecule has 1 aliphatic carbocycles. The van der Waals surface area contributed by atoms with Crippen LogP contribution in [-0.4, -0.2) is 12.6 Å². The highest BCUT2D eigenvalue weighted by atomic mass is 79.9. The maximum atomic E-state index is 6.04. The minimum absolute atomic E-state index is 0.201. The van der Waals surface area contributed by atoms with Gasteiger partial charge in [0.2, 0.25) is 0 Å². The first kappa shape index (κ1) is 15.3. The summed E-state index contributed by atoms with van der Waals surface area (Å²) >= 11 is 9.51. The summed E-state index contributed by atoms with van der Waals surface area (Å²) in [6.45, 7) is 5.28. The molecule has 4 heteroatoms. The minimum atomic E-state index is 0.201. The van der Waals surface area contributed by atoms with Crippen LogP contribution in [0.1, 0.15) is 44.7 Å². The molecule has 0 aliphatic heterocycles. The van der Waals surface area contributed by atoms with Crippen LogP contribution in [0.3, 0.4) is 0 Å². The van der Waals surface area contributed by atoms with Gasteiger partial charge >= 0.3 is 0 Å². The van der Waals surface area contributed by atoms with Gasteiger partial charge in [-0.15, -0.1) is 0 Å². The molecule has 1 saturated carbocycles. The fraction of sp³-hybridized carbons (Fsp3) is 0.600. The van der Waals surface area contributed by atoms with Crippen molar-refractivity contribution in [3.05, 3.63) is 33.3 Å². The highest BCUT2D eigenvalue weighted by Gasteiger charge is 2.31. The summed E-state index contributed by atoms with van der Waals surface area (Å²) in [7, 11) is 0. The zero-order valence-electron chi connectivity index (χ0n) is 11.5. The molecule has 2 rings (SSSR count). The average Bonchev–Trinajstić information content (AvgIpc) is 2.69. The molecule has 0 aromatic heterocycles. The summed E-state index contributed by atoms with van der Waals surface area (Å²) in [5.41, 5.74) is 7.58. The molecule has 1 aromatic carbocycles. The summed E-state index contributed by atoms with van der Waals surface area (Å²) in [5.74, 6) is 0. The van der Waals surface area contributed by atoms with Gasteiger partial charge in [-0.1, -0.05) is 31.5 Å². The second kappa shape index (κ2) is 6.13. The Morgan fingerprint density at radius 2 is 2.26 bits per heavy atom. The standard InChI is InChI=1S/C15H22BrClN2/c1-15(2)6-5-11(8-15)19-14(9-18)10-3-4-13(17)12(16)7-10/h3-4,7,11,14,19H,5-6,8-9,18H2,1-2H3. The average molecular weight is 346 g/mol. The van der Waals surface area contributed by atoms with Crippen LogP contribution in [0, 0.1) is 5.41 Å². The third kappa shape index (κ3) is 3.94. The van der Waals surface area contributed by atoms with E-state index in [0.29, 0.717) is 18.0 Å². The second-order valence-electron chi connectivity index (χ2n) is 6.23. The molecule has 2 atom stereocenters. The Morgan fingerprint density at radius 3 is 2.79 bits per heavy atom. The van der Waals surface area contributed by atoms with E-state index in [4.69, 9.17) is 17.3 Å². The van der Waals surface area contributed by atoms with Gasteiger partial charge in [-0.2, -0.15) is 0 Å². The van der Waals surface area contributed by atoms with E-state index < -0.39 is 0 Å². The van der Waals surface area contributed by atoms with E-state index >= 15 is 0 Å². The number of nitrogens with one attached hydrogen (secondary N) is 1. The maximum absolute atomic E-state index is 6.04. The molecule has 0 spiro atoms.